The number of benzene rings is 2. The molecule has 1 spiro atoms. The molecule has 5 nitrogen and oxygen atoms in total. The van der Waals surface area contributed by atoms with Gasteiger partial charge in [-0.25, -0.2) is 9.79 Å². The van der Waals surface area contributed by atoms with Crippen LogP contribution in [0.1, 0.15) is 35.2 Å². The van der Waals surface area contributed by atoms with Crippen molar-refractivity contribution >= 4 is 28.7 Å². The summed E-state index contributed by atoms with van der Waals surface area (Å²) >= 11 is 0. The minimum Gasteiger partial charge on any atom is -0.405 e. The smallest absolute Gasteiger partial charge is 0.341 e. The molecule has 5 rings (SSSR count). The summed E-state index contributed by atoms with van der Waals surface area (Å²) in [7, 11) is 0. The monoisotopic (exact) mass is 344 g/mol. The van der Waals surface area contributed by atoms with Crippen LogP contribution in [0.5, 0.6) is 0 Å². The quantitative estimate of drug-likeness (QED) is 0.668. The maximum absolute atomic E-state index is 12.6. The van der Waals surface area contributed by atoms with E-state index in [0.717, 1.165) is 22.0 Å². The van der Waals surface area contributed by atoms with Crippen molar-refractivity contribution in [2.75, 3.05) is 0 Å². The summed E-state index contributed by atoms with van der Waals surface area (Å²) in [4.78, 5) is 29.2. The highest BCUT2D eigenvalue weighted by Crippen LogP contribution is 2.58. The predicted octanol–water partition coefficient (Wildman–Crippen LogP) is 3.53. The lowest BCUT2D eigenvalue weighted by Gasteiger charge is -2.01. The summed E-state index contributed by atoms with van der Waals surface area (Å²) in [5.74, 6) is -0.0410. The van der Waals surface area contributed by atoms with Gasteiger partial charge in [0.2, 0.25) is 11.8 Å². The number of aliphatic imine (C=N–C) groups is 1. The molecule has 2 atom stereocenters. The Bertz CT molecular complexity index is 1100. The van der Waals surface area contributed by atoms with Crippen molar-refractivity contribution < 1.29 is 14.3 Å². The highest BCUT2D eigenvalue weighted by atomic mass is 16.6. The van der Waals surface area contributed by atoms with Gasteiger partial charge >= 0.3 is 5.97 Å². The van der Waals surface area contributed by atoms with Gasteiger partial charge in [0.25, 0.3) is 0 Å². The molecule has 2 heterocycles. The molecule has 0 N–H and O–H groups in total. The summed E-state index contributed by atoms with van der Waals surface area (Å²) in [5, 5.41) is 0.987. The van der Waals surface area contributed by atoms with E-state index in [0.29, 0.717) is 12.3 Å². The molecule has 2 aromatic carbocycles. The van der Waals surface area contributed by atoms with Crippen LogP contribution in [-0.2, 0) is 9.53 Å². The lowest BCUT2D eigenvalue weighted by Crippen LogP contribution is -2.18. The Morgan fingerprint density at radius 2 is 1.88 bits per heavy atom. The van der Waals surface area contributed by atoms with Gasteiger partial charge in [0.1, 0.15) is 0 Å². The molecule has 2 aliphatic rings. The van der Waals surface area contributed by atoms with Gasteiger partial charge in [-0.3, -0.25) is 9.36 Å². The molecular formula is C21H16N2O3. The van der Waals surface area contributed by atoms with Gasteiger partial charge in [0.15, 0.2) is 5.54 Å². The average molecular weight is 344 g/mol. The fraction of sp³-hybridized carbons (Fsp3) is 0.190. The van der Waals surface area contributed by atoms with Crippen LogP contribution in [-0.4, -0.2) is 27.9 Å². The number of hydrogen-bond acceptors (Lipinski definition) is 4. The lowest BCUT2D eigenvalue weighted by atomic mass is 10.1. The summed E-state index contributed by atoms with van der Waals surface area (Å²) in [6.45, 7) is 1.54. The second-order valence-electron chi connectivity index (χ2n) is 6.84. The van der Waals surface area contributed by atoms with Crippen LogP contribution in [0.25, 0.3) is 10.9 Å². The number of para-hydroxylation sites is 1. The van der Waals surface area contributed by atoms with Crippen molar-refractivity contribution in [1.82, 2.24) is 4.57 Å². The van der Waals surface area contributed by atoms with Gasteiger partial charge in [0.05, 0.1) is 5.52 Å². The Morgan fingerprint density at radius 3 is 2.65 bits per heavy atom. The molecule has 1 unspecified atom stereocenters. The molecule has 0 radical (unpaired) electrons. The Balaban J connectivity index is 1.58. The van der Waals surface area contributed by atoms with Crippen LogP contribution in [0.4, 0.5) is 0 Å². The number of cyclic esters (lactones) is 1. The van der Waals surface area contributed by atoms with E-state index in [1.807, 2.05) is 60.8 Å². The molecule has 128 valence electrons. The molecule has 1 aliphatic carbocycles. The van der Waals surface area contributed by atoms with Crippen molar-refractivity contribution in [2.45, 2.75) is 24.8 Å². The maximum atomic E-state index is 12.6. The summed E-state index contributed by atoms with van der Waals surface area (Å²) in [6.07, 6.45) is 2.45. The average Bonchev–Trinajstić information content (AvgIpc) is 3.09. The number of rotatable bonds is 2. The maximum Gasteiger partial charge on any atom is 0.341 e. The van der Waals surface area contributed by atoms with Gasteiger partial charge in [-0.1, -0.05) is 36.4 Å². The van der Waals surface area contributed by atoms with E-state index in [2.05, 4.69) is 4.99 Å². The number of fused-ring (bicyclic) bond motifs is 1. The number of aromatic nitrogens is 1. The van der Waals surface area contributed by atoms with Gasteiger partial charge < -0.3 is 4.74 Å². The molecule has 0 saturated heterocycles. The van der Waals surface area contributed by atoms with Gasteiger partial charge in [-0.05, 0) is 30.2 Å². The predicted molar refractivity (Wildman–Crippen MR) is 97.4 cm³/mol. The minimum atomic E-state index is -0.850. The van der Waals surface area contributed by atoms with Crippen molar-refractivity contribution in [1.29, 1.82) is 0 Å². The standard InChI is InChI=1S/C21H16N2O3/c1-13(24)23-12-16(15-9-5-6-10-18(15)23)17-11-21(17)20(25)26-19(22-21)14-7-3-2-4-8-14/h2-10,12,17H,11H2,1H3/t17-,21?/m1/s1. The van der Waals surface area contributed by atoms with E-state index in [4.69, 9.17) is 4.74 Å². The zero-order valence-electron chi connectivity index (χ0n) is 14.2. The van der Waals surface area contributed by atoms with Crippen LogP contribution in [0.15, 0.2) is 65.8 Å². The number of hydrogen-bond donors (Lipinski definition) is 0. The largest absolute Gasteiger partial charge is 0.405 e. The minimum absolute atomic E-state index is 0.0513. The molecule has 1 saturated carbocycles. The zero-order valence-corrected chi connectivity index (χ0v) is 14.2. The number of carbonyl (C=O) groups is 2. The van der Waals surface area contributed by atoms with Crippen LogP contribution in [0, 0.1) is 0 Å². The summed E-state index contributed by atoms with van der Waals surface area (Å²) in [6, 6.07) is 17.2. The number of ether oxygens (including phenoxy) is 1. The normalized spacial score (nSPS) is 24.0. The van der Waals surface area contributed by atoms with Crippen molar-refractivity contribution in [3.8, 4) is 0 Å². The van der Waals surface area contributed by atoms with E-state index in [1.54, 1.807) is 4.57 Å². The molecule has 1 fully saturated rings. The van der Waals surface area contributed by atoms with Crippen LogP contribution >= 0.6 is 0 Å². The first-order valence-corrected chi connectivity index (χ1v) is 8.58. The molecule has 1 aromatic heterocycles. The first-order chi connectivity index (χ1) is 12.6. The molecule has 26 heavy (non-hydrogen) atoms. The van der Waals surface area contributed by atoms with Crippen LogP contribution in [0.2, 0.25) is 0 Å². The van der Waals surface area contributed by atoms with Gasteiger partial charge in [0, 0.05) is 30.0 Å². The van der Waals surface area contributed by atoms with Crippen LogP contribution < -0.4 is 0 Å². The number of esters is 1. The highest BCUT2D eigenvalue weighted by molar-refractivity contribution is 6.10. The topological polar surface area (TPSA) is 60.7 Å². The molecule has 0 amide bonds. The third kappa shape index (κ3) is 2.00. The van der Waals surface area contributed by atoms with Crippen molar-refractivity contribution in [2.24, 2.45) is 4.99 Å². The van der Waals surface area contributed by atoms with Crippen molar-refractivity contribution in [3.63, 3.8) is 0 Å². The van der Waals surface area contributed by atoms with Gasteiger partial charge in [-0.2, -0.15) is 0 Å². The Labute approximate surface area is 149 Å². The lowest BCUT2D eigenvalue weighted by molar-refractivity contribution is -0.136. The Morgan fingerprint density at radius 1 is 1.15 bits per heavy atom. The number of nitrogens with zero attached hydrogens (tertiary/aromatic N) is 2. The molecule has 0 bridgehead atoms. The zero-order chi connectivity index (χ0) is 17.9. The van der Waals surface area contributed by atoms with E-state index in [1.165, 1.54) is 6.92 Å². The SMILES string of the molecule is CC(=O)n1cc([C@H]2CC23N=C(c2ccccc2)OC3=O)c2ccccc21. The van der Waals surface area contributed by atoms with E-state index < -0.39 is 5.54 Å². The molecule has 5 heteroatoms. The van der Waals surface area contributed by atoms with E-state index in [-0.39, 0.29) is 17.8 Å². The summed E-state index contributed by atoms with van der Waals surface area (Å²) < 4.78 is 7.12. The Hall–Kier alpha value is -3.21. The second-order valence-corrected chi connectivity index (χ2v) is 6.84. The molecule has 3 aromatic rings. The molecular weight excluding hydrogens is 328 g/mol. The third-order valence-electron chi connectivity index (χ3n) is 5.25. The van der Waals surface area contributed by atoms with Crippen LogP contribution in [0.3, 0.4) is 0 Å². The second kappa shape index (κ2) is 5.14. The third-order valence-corrected chi connectivity index (χ3v) is 5.25. The summed E-state index contributed by atoms with van der Waals surface area (Å²) in [5.41, 5.74) is 1.78. The fourth-order valence-corrected chi connectivity index (χ4v) is 3.84. The molecule has 1 aliphatic heterocycles. The fourth-order valence-electron chi connectivity index (χ4n) is 3.84. The van der Waals surface area contributed by atoms with Gasteiger partial charge in [-0.15, -0.1) is 0 Å². The van der Waals surface area contributed by atoms with E-state index in [9.17, 15) is 9.59 Å². The number of carbonyl (C=O) groups excluding carboxylic acids is 2. The first kappa shape index (κ1) is 15.1. The first-order valence-electron chi connectivity index (χ1n) is 8.58. The Kier molecular flexibility index (Phi) is 2.98. The van der Waals surface area contributed by atoms with Crippen molar-refractivity contribution in [3.05, 3.63) is 71.9 Å². The highest BCUT2D eigenvalue weighted by Gasteiger charge is 2.66. The van der Waals surface area contributed by atoms with E-state index >= 15 is 0 Å².